The molecule has 2 fully saturated rings. The highest BCUT2D eigenvalue weighted by atomic mass is 19.1. The van der Waals surface area contributed by atoms with Crippen LogP contribution in [-0.4, -0.2) is 44.4 Å². The smallest absolute Gasteiger partial charge is 0.103 e. The number of rotatable bonds is 4. The van der Waals surface area contributed by atoms with Crippen LogP contribution in [0.5, 0.6) is 0 Å². The van der Waals surface area contributed by atoms with E-state index in [9.17, 15) is 4.39 Å². The third kappa shape index (κ3) is 6.14. The first-order valence-electron chi connectivity index (χ1n) is 7.59. The summed E-state index contributed by atoms with van der Waals surface area (Å²) in [5.41, 5.74) is 0.428. The maximum atomic E-state index is 12.9. The first kappa shape index (κ1) is 17.8. The lowest BCUT2D eigenvalue weighted by molar-refractivity contribution is 0.0837. The number of likely N-dealkylation sites (tertiary alicyclic amines) is 1. The van der Waals surface area contributed by atoms with Crippen LogP contribution in [0.15, 0.2) is 0 Å². The molecule has 0 aromatic carbocycles. The van der Waals surface area contributed by atoms with Gasteiger partial charge in [0.1, 0.15) is 6.17 Å². The molecule has 0 aromatic rings. The molecule has 1 saturated carbocycles. The molecule has 0 unspecified atom stereocenters. The lowest BCUT2D eigenvalue weighted by Gasteiger charge is -2.31. The molecule has 110 valence electrons. The van der Waals surface area contributed by atoms with E-state index in [1.165, 1.54) is 12.8 Å². The second kappa shape index (κ2) is 9.74. The molecule has 1 heterocycles. The molecule has 0 atom stereocenters. The molecule has 2 nitrogen and oxygen atoms in total. The van der Waals surface area contributed by atoms with Crippen molar-refractivity contribution in [2.24, 2.45) is 5.41 Å². The second-order valence-electron chi connectivity index (χ2n) is 4.88. The normalized spacial score (nSPS) is 22.3. The van der Waals surface area contributed by atoms with Crippen molar-refractivity contribution in [2.45, 2.75) is 59.5 Å². The Morgan fingerprint density at radius 1 is 1.11 bits per heavy atom. The fourth-order valence-corrected chi connectivity index (χ4v) is 2.36. The highest BCUT2D eigenvalue weighted by Crippen LogP contribution is 2.46. The van der Waals surface area contributed by atoms with Gasteiger partial charge in [0.05, 0.1) is 6.61 Å². The predicted octanol–water partition coefficient (Wildman–Crippen LogP) is 3.90. The van der Waals surface area contributed by atoms with E-state index in [0.29, 0.717) is 5.41 Å². The molecule has 2 rings (SSSR count). The molecule has 1 aliphatic carbocycles. The van der Waals surface area contributed by atoms with Crippen molar-refractivity contribution in [2.75, 3.05) is 33.4 Å². The SMILES string of the molecule is CC.CC.COCC1(CN2CCC(F)CC2)CC1. The van der Waals surface area contributed by atoms with Crippen LogP contribution in [0.4, 0.5) is 4.39 Å². The lowest BCUT2D eigenvalue weighted by Crippen LogP contribution is -2.39. The Bertz CT molecular complexity index is 187. The molecule has 0 spiro atoms. The number of ether oxygens (including phenoxy) is 1. The first-order valence-corrected chi connectivity index (χ1v) is 7.59. The van der Waals surface area contributed by atoms with Crippen molar-refractivity contribution in [3.63, 3.8) is 0 Å². The van der Waals surface area contributed by atoms with Crippen LogP contribution in [0.3, 0.4) is 0 Å². The molecule has 3 heteroatoms. The van der Waals surface area contributed by atoms with Crippen LogP contribution >= 0.6 is 0 Å². The van der Waals surface area contributed by atoms with Gasteiger partial charge in [-0.3, -0.25) is 0 Å². The summed E-state index contributed by atoms with van der Waals surface area (Å²) in [5.74, 6) is 0. The van der Waals surface area contributed by atoms with Crippen molar-refractivity contribution in [1.29, 1.82) is 0 Å². The van der Waals surface area contributed by atoms with Crippen LogP contribution in [0.25, 0.3) is 0 Å². The van der Waals surface area contributed by atoms with E-state index >= 15 is 0 Å². The molecule has 0 bridgehead atoms. The fourth-order valence-electron chi connectivity index (χ4n) is 2.36. The quantitative estimate of drug-likeness (QED) is 0.761. The van der Waals surface area contributed by atoms with E-state index in [4.69, 9.17) is 4.74 Å². The molecule has 0 radical (unpaired) electrons. The number of piperidine rings is 1. The zero-order chi connectivity index (χ0) is 14.0. The molecular formula is C15H32FNO. The van der Waals surface area contributed by atoms with Gasteiger partial charge in [-0.15, -0.1) is 0 Å². The number of nitrogens with zero attached hydrogens (tertiary/aromatic N) is 1. The van der Waals surface area contributed by atoms with E-state index < -0.39 is 6.17 Å². The number of methoxy groups -OCH3 is 1. The molecule has 18 heavy (non-hydrogen) atoms. The summed E-state index contributed by atoms with van der Waals surface area (Å²) < 4.78 is 18.1. The Morgan fingerprint density at radius 2 is 1.61 bits per heavy atom. The largest absolute Gasteiger partial charge is 0.384 e. The summed E-state index contributed by atoms with van der Waals surface area (Å²) in [5, 5.41) is 0. The molecule has 2 aliphatic rings. The minimum atomic E-state index is -0.552. The predicted molar refractivity (Wildman–Crippen MR) is 76.8 cm³/mol. The number of hydrogen-bond donors (Lipinski definition) is 0. The zero-order valence-electron chi connectivity index (χ0n) is 13.0. The Hall–Kier alpha value is -0.150. The van der Waals surface area contributed by atoms with E-state index in [1.54, 1.807) is 7.11 Å². The monoisotopic (exact) mass is 261 g/mol. The molecular weight excluding hydrogens is 229 g/mol. The molecule has 0 amide bonds. The molecule has 1 aliphatic heterocycles. The third-order valence-corrected chi connectivity index (χ3v) is 3.48. The topological polar surface area (TPSA) is 12.5 Å². The summed E-state index contributed by atoms with van der Waals surface area (Å²) in [6, 6.07) is 0. The van der Waals surface area contributed by atoms with Gasteiger partial charge >= 0.3 is 0 Å². The lowest BCUT2D eigenvalue weighted by atomic mass is 10.0. The Balaban J connectivity index is 0.000000659. The average Bonchev–Trinajstić information content (AvgIpc) is 3.17. The van der Waals surface area contributed by atoms with Crippen molar-refractivity contribution < 1.29 is 9.13 Å². The first-order chi connectivity index (χ1) is 8.74. The van der Waals surface area contributed by atoms with Crippen molar-refractivity contribution >= 4 is 0 Å². The van der Waals surface area contributed by atoms with Gasteiger partial charge in [-0.05, 0) is 25.7 Å². The van der Waals surface area contributed by atoms with E-state index in [2.05, 4.69) is 4.90 Å². The standard InChI is InChI=1S/C11H20FNO.2C2H6/c1-14-9-11(4-5-11)8-13-6-2-10(12)3-7-13;2*1-2/h10H,2-9H2,1H3;2*1-2H3. The number of alkyl halides is 1. The summed E-state index contributed by atoms with van der Waals surface area (Å²) in [6.07, 6.45) is 3.47. The maximum Gasteiger partial charge on any atom is 0.103 e. The average molecular weight is 261 g/mol. The molecule has 0 aromatic heterocycles. The van der Waals surface area contributed by atoms with Gasteiger partial charge < -0.3 is 9.64 Å². The van der Waals surface area contributed by atoms with Gasteiger partial charge in [-0.1, -0.05) is 27.7 Å². The van der Waals surface area contributed by atoms with Gasteiger partial charge in [-0.2, -0.15) is 0 Å². The van der Waals surface area contributed by atoms with Crippen LogP contribution in [-0.2, 0) is 4.74 Å². The van der Waals surface area contributed by atoms with E-state index in [0.717, 1.165) is 39.1 Å². The fraction of sp³-hybridized carbons (Fsp3) is 1.00. The second-order valence-corrected chi connectivity index (χ2v) is 4.88. The van der Waals surface area contributed by atoms with Crippen molar-refractivity contribution in [3.05, 3.63) is 0 Å². The van der Waals surface area contributed by atoms with Crippen LogP contribution in [0.1, 0.15) is 53.4 Å². The maximum absolute atomic E-state index is 12.9. The Morgan fingerprint density at radius 3 is 2.00 bits per heavy atom. The summed E-state index contributed by atoms with van der Waals surface area (Å²) >= 11 is 0. The molecule has 0 N–H and O–H groups in total. The van der Waals surface area contributed by atoms with Crippen LogP contribution < -0.4 is 0 Å². The summed E-state index contributed by atoms with van der Waals surface area (Å²) in [6.45, 7) is 11.9. The summed E-state index contributed by atoms with van der Waals surface area (Å²) in [7, 11) is 1.77. The molecule has 1 saturated heterocycles. The van der Waals surface area contributed by atoms with Gasteiger partial charge in [0.25, 0.3) is 0 Å². The third-order valence-electron chi connectivity index (χ3n) is 3.48. The van der Waals surface area contributed by atoms with E-state index in [1.807, 2.05) is 27.7 Å². The highest BCUT2D eigenvalue weighted by molar-refractivity contribution is 4.96. The van der Waals surface area contributed by atoms with Gasteiger partial charge in [0.2, 0.25) is 0 Å². The van der Waals surface area contributed by atoms with Crippen molar-refractivity contribution in [1.82, 2.24) is 4.90 Å². The van der Waals surface area contributed by atoms with Gasteiger partial charge in [0, 0.05) is 32.2 Å². The van der Waals surface area contributed by atoms with E-state index in [-0.39, 0.29) is 0 Å². The van der Waals surface area contributed by atoms with Gasteiger partial charge in [-0.25, -0.2) is 4.39 Å². The van der Waals surface area contributed by atoms with Crippen LogP contribution in [0.2, 0.25) is 0 Å². The van der Waals surface area contributed by atoms with Crippen LogP contribution in [0, 0.1) is 5.41 Å². The minimum absolute atomic E-state index is 0.428. The zero-order valence-corrected chi connectivity index (χ0v) is 13.0. The summed E-state index contributed by atoms with van der Waals surface area (Å²) in [4.78, 5) is 2.40. The van der Waals surface area contributed by atoms with Crippen molar-refractivity contribution in [3.8, 4) is 0 Å². The Labute approximate surface area is 113 Å². The number of halogens is 1. The minimum Gasteiger partial charge on any atom is -0.384 e. The highest BCUT2D eigenvalue weighted by Gasteiger charge is 2.44. The Kier molecular flexibility index (Phi) is 9.66. The van der Waals surface area contributed by atoms with Gasteiger partial charge in [0.15, 0.2) is 0 Å². The number of hydrogen-bond acceptors (Lipinski definition) is 2.